The molecule has 1 unspecified atom stereocenters. The van der Waals surface area contributed by atoms with Crippen molar-refractivity contribution in [1.29, 1.82) is 5.26 Å². The zero-order valence-electron chi connectivity index (χ0n) is 9.46. The van der Waals surface area contributed by atoms with Crippen molar-refractivity contribution in [1.82, 2.24) is 5.32 Å². The van der Waals surface area contributed by atoms with E-state index in [-0.39, 0.29) is 0 Å². The average molecular weight is 234 g/mol. The largest absolute Gasteiger partial charge is 0.443 e. The first-order chi connectivity index (χ1) is 8.13. The Balaban J connectivity index is 2.34. The first kappa shape index (κ1) is 13.0. The molecule has 90 valence electrons. The summed E-state index contributed by atoms with van der Waals surface area (Å²) >= 11 is 0. The van der Waals surface area contributed by atoms with Crippen molar-refractivity contribution < 1.29 is 14.6 Å². The number of hydrogen-bond donors (Lipinski definition) is 2. The summed E-state index contributed by atoms with van der Waals surface area (Å²) in [6, 6.07) is 10.9. The molecule has 5 heteroatoms. The molecule has 0 bridgehead atoms. The number of benzene rings is 1. The summed E-state index contributed by atoms with van der Waals surface area (Å²) in [6.45, 7) is 1.80. The molecule has 0 aromatic heterocycles. The second kappa shape index (κ2) is 6.51. The standard InChI is InChI=1S/C12H14N2O3/c1-9(11(15)7-13)17-12(16)14-8-10-5-3-2-4-6-10/h2-6,9,11,15H,8H2,1H3,(H,14,16)/t9-,11?/m0/s1. The lowest BCUT2D eigenvalue weighted by molar-refractivity contribution is 0.0390. The molecule has 0 radical (unpaired) electrons. The summed E-state index contributed by atoms with van der Waals surface area (Å²) in [7, 11) is 0. The van der Waals surface area contributed by atoms with E-state index in [9.17, 15) is 4.79 Å². The Bertz CT molecular complexity index is 400. The van der Waals surface area contributed by atoms with Crippen molar-refractivity contribution >= 4 is 6.09 Å². The first-order valence-corrected chi connectivity index (χ1v) is 5.19. The van der Waals surface area contributed by atoms with Crippen LogP contribution in [0.2, 0.25) is 0 Å². The molecule has 0 saturated carbocycles. The number of carbonyl (C=O) groups excluding carboxylic acids is 1. The van der Waals surface area contributed by atoms with E-state index in [1.54, 1.807) is 6.07 Å². The van der Waals surface area contributed by atoms with Gasteiger partial charge in [-0.05, 0) is 12.5 Å². The third-order valence-corrected chi connectivity index (χ3v) is 2.15. The minimum atomic E-state index is -1.31. The van der Waals surface area contributed by atoms with E-state index < -0.39 is 18.3 Å². The van der Waals surface area contributed by atoms with Crippen molar-refractivity contribution in [3.8, 4) is 6.07 Å². The van der Waals surface area contributed by atoms with E-state index in [1.807, 2.05) is 30.3 Å². The molecule has 1 amide bonds. The molecule has 17 heavy (non-hydrogen) atoms. The van der Waals surface area contributed by atoms with Gasteiger partial charge >= 0.3 is 6.09 Å². The number of amides is 1. The van der Waals surface area contributed by atoms with Crippen molar-refractivity contribution in [3.63, 3.8) is 0 Å². The summed E-state index contributed by atoms with van der Waals surface area (Å²) in [5.74, 6) is 0. The number of aliphatic hydroxyl groups is 1. The van der Waals surface area contributed by atoms with Crippen LogP contribution in [0, 0.1) is 11.3 Å². The van der Waals surface area contributed by atoms with Gasteiger partial charge in [-0.3, -0.25) is 0 Å². The van der Waals surface area contributed by atoms with Crippen LogP contribution in [-0.2, 0) is 11.3 Å². The average Bonchev–Trinajstić information content (AvgIpc) is 2.36. The number of aliphatic hydroxyl groups excluding tert-OH is 1. The second-order valence-corrected chi connectivity index (χ2v) is 3.52. The van der Waals surface area contributed by atoms with Crippen LogP contribution in [-0.4, -0.2) is 23.4 Å². The van der Waals surface area contributed by atoms with Crippen LogP contribution in [0.25, 0.3) is 0 Å². The Morgan fingerprint density at radius 2 is 2.18 bits per heavy atom. The van der Waals surface area contributed by atoms with Crippen LogP contribution in [0.15, 0.2) is 30.3 Å². The van der Waals surface area contributed by atoms with E-state index >= 15 is 0 Å². The lowest BCUT2D eigenvalue weighted by Gasteiger charge is -2.14. The molecule has 0 saturated heterocycles. The number of ether oxygens (including phenoxy) is 1. The number of alkyl carbamates (subject to hydrolysis) is 1. The molecule has 5 nitrogen and oxygen atoms in total. The lowest BCUT2D eigenvalue weighted by atomic mass is 10.2. The van der Waals surface area contributed by atoms with Crippen molar-refractivity contribution in [2.75, 3.05) is 0 Å². The van der Waals surface area contributed by atoms with E-state index in [0.717, 1.165) is 5.56 Å². The number of nitrogens with zero attached hydrogens (tertiary/aromatic N) is 1. The Hall–Kier alpha value is -2.06. The van der Waals surface area contributed by atoms with Crippen LogP contribution < -0.4 is 5.32 Å². The van der Waals surface area contributed by atoms with Gasteiger partial charge in [-0.15, -0.1) is 0 Å². The van der Waals surface area contributed by atoms with Gasteiger partial charge in [0.05, 0.1) is 6.07 Å². The minimum Gasteiger partial charge on any atom is -0.443 e. The zero-order chi connectivity index (χ0) is 12.7. The molecule has 0 aliphatic rings. The van der Waals surface area contributed by atoms with Gasteiger partial charge in [-0.1, -0.05) is 30.3 Å². The highest BCUT2D eigenvalue weighted by Crippen LogP contribution is 2.00. The Kier molecular flexibility index (Phi) is 4.98. The van der Waals surface area contributed by atoms with Gasteiger partial charge in [0.2, 0.25) is 0 Å². The van der Waals surface area contributed by atoms with Crippen LogP contribution in [0.1, 0.15) is 12.5 Å². The normalized spacial score (nSPS) is 13.2. The third-order valence-electron chi connectivity index (χ3n) is 2.15. The fraction of sp³-hybridized carbons (Fsp3) is 0.333. The molecule has 0 aliphatic carbocycles. The van der Waals surface area contributed by atoms with Gasteiger partial charge in [0.15, 0.2) is 6.10 Å². The second-order valence-electron chi connectivity index (χ2n) is 3.52. The van der Waals surface area contributed by atoms with Gasteiger partial charge in [0, 0.05) is 6.54 Å². The molecule has 0 fully saturated rings. The predicted octanol–water partition coefficient (Wildman–Crippen LogP) is 1.19. The quantitative estimate of drug-likeness (QED) is 0.766. The number of rotatable bonds is 4. The van der Waals surface area contributed by atoms with Gasteiger partial charge in [-0.25, -0.2) is 4.79 Å². The van der Waals surface area contributed by atoms with Crippen LogP contribution in [0.5, 0.6) is 0 Å². The maximum atomic E-state index is 11.3. The van der Waals surface area contributed by atoms with Crippen molar-refractivity contribution in [2.24, 2.45) is 0 Å². The molecule has 0 spiro atoms. The molecule has 2 atom stereocenters. The lowest BCUT2D eigenvalue weighted by Crippen LogP contribution is -2.33. The van der Waals surface area contributed by atoms with Gasteiger partial charge in [0.25, 0.3) is 0 Å². The predicted molar refractivity (Wildman–Crippen MR) is 60.8 cm³/mol. The summed E-state index contributed by atoms with van der Waals surface area (Å²) < 4.78 is 4.80. The Morgan fingerprint density at radius 3 is 2.76 bits per heavy atom. The fourth-order valence-electron chi connectivity index (χ4n) is 1.15. The molecule has 1 rings (SSSR count). The first-order valence-electron chi connectivity index (χ1n) is 5.19. The highest BCUT2D eigenvalue weighted by molar-refractivity contribution is 5.67. The van der Waals surface area contributed by atoms with Crippen molar-refractivity contribution in [2.45, 2.75) is 25.7 Å². The molecular weight excluding hydrogens is 220 g/mol. The molecule has 1 aromatic carbocycles. The van der Waals surface area contributed by atoms with Crippen molar-refractivity contribution in [3.05, 3.63) is 35.9 Å². The van der Waals surface area contributed by atoms with Gasteiger partial charge in [-0.2, -0.15) is 5.26 Å². The van der Waals surface area contributed by atoms with E-state index in [2.05, 4.69) is 5.32 Å². The van der Waals surface area contributed by atoms with E-state index in [1.165, 1.54) is 6.92 Å². The maximum absolute atomic E-state index is 11.3. The highest BCUT2D eigenvalue weighted by atomic mass is 16.6. The molecular formula is C12H14N2O3. The molecule has 0 aliphatic heterocycles. The van der Waals surface area contributed by atoms with Crippen LogP contribution in [0.3, 0.4) is 0 Å². The molecule has 0 heterocycles. The highest BCUT2D eigenvalue weighted by Gasteiger charge is 2.17. The monoisotopic (exact) mass is 234 g/mol. The topological polar surface area (TPSA) is 82.3 Å². The van der Waals surface area contributed by atoms with E-state index in [4.69, 9.17) is 15.1 Å². The SMILES string of the molecule is C[C@H](OC(=O)NCc1ccccc1)C(O)C#N. The maximum Gasteiger partial charge on any atom is 0.407 e. The smallest absolute Gasteiger partial charge is 0.407 e. The number of hydrogen-bond acceptors (Lipinski definition) is 4. The summed E-state index contributed by atoms with van der Waals surface area (Å²) in [5.41, 5.74) is 0.943. The van der Waals surface area contributed by atoms with Crippen LogP contribution >= 0.6 is 0 Å². The number of nitriles is 1. The van der Waals surface area contributed by atoms with Crippen LogP contribution in [0.4, 0.5) is 4.79 Å². The summed E-state index contributed by atoms with van der Waals surface area (Å²) in [4.78, 5) is 11.3. The summed E-state index contributed by atoms with van der Waals surface area (Å²) in [6.07, 6.45) is -2.82. The number of nitrogens with one attached hydrogen (secondary N) is 1. The zero-order valence-corrected chi connectivity index (χ0v) is 9.46. The minimum absolute atomic E-state index is 0.342. The Labute approximate surface area is 99.6 Å². The Morgan fingerprint density at radius 1 is 1.53 bits per heavy atom. The number of carbonyl (C=O) groups is 1. The molecule has 2 N–H and O–H groups in total. The third kappa shape index (κ3) is 4.53. The summed E-state index contributed by atoms with van der Waals surface area (Å²) in [5, 5.41) is 20.0. The van der Waals surface area contributed by atoms with Gasteiger partial charge in [0.1, 0.15) is 6.10 Å². The fourth-order valence-corrected chi connectivity index (χ4v) is 1.15. The van der Waals surface area contributed by atoms with Gasteiger partial charge < -0.3 is 15.2 Å². The molecule has 1 aromatic rings. The van der Waals surface area contributed by atoms with E-state index in [0.29, 0.717) is 6.54 Å².